The van der Waals surface area contributed by atoms with Gasteiger partial charge in [-0.3, -0.25) is 0 Å². The molecule has 0 fully saturated rings. The van der Waals surface area contributed by atoms with Gasteiger partial charge in [0, 0.05) is 11.1 Å². The van der Waals surface area contributed by atoms with Crippen LogP contribution in [0, 0.1) is 18.8 Å². The maximum Gasteiger partial charge on any atom is 0.0330 e. The van der Waals surface area contributed by atoms with Gasteiger partial charge in [-0.25, -0.2) is 0 Å². The van der Waals surface area contributed by atoms with Gasteiger partial charge in [0.25, 0.3) is 0 Å². The van der Waals surface area contributed by atoms with Crippen molar-refractivity contribution >= 4 is 10.8 Å². The van der Waals surface area contributed by atoms with Gasteiger partial charge in [0.15, 0.2) is 0 Å². The highest BCUT2D eigenvalue weighted by Gasteiger charge is 1.99. The lowest BCUT2D eigenvalue weighted by Gasteiger charge is -2.03. The van der Waals surface area contributed by atoms with E-state index in [2.05, 4.69) is 86.4 Å². The molecule has 0 aliphatic heterocycles. The van der Waals surface area contributed by atoms with E-state index in [-0.39, 0.29) is 0 Å². The van der Waals surface area contributed by atoms with Crippen molar-refractivity contribution in [2.24, 2.45) is 0 Å². The molecule has 0 atom stereocenters. The van der Waals surface area contributed by atoms with E-state index < -0.39 is 0 Å². The maximum atomic E-state index is 3.37. The first-order valence-electron chi connectivity index (χ1n) is 8.86. The second-order valence-corrected chi connectivity index (χ2v) is 6.44. The fraction of sp³-hybridized carbons (Fsp3) is 0.250. The summed E-state index contributed by atoms with van der Waals surface area (Å²) in [4.78, 5) is 0. The van der Waals surface area contributed by atoms with Crippen LogP contribution in [0.4, 0.5) is 0 Å². The third-order valence-electron chi connectivity index (χ3n) is 4.37. The number of rotatable bonds is 4. The molecule has 3 aromatic rings. The van der Waals surface area contributed by atoms with Crippen LogP contribution in [0.2, 0.25) is 0 Å². The Bertz CT molecular complexity index is 873. The predicted molar refractivity (Wildman–Crippen MR) is 104 cm³/mol. The van der Waals surface area contributed by atoms with Gasteiger partial charge in [0.1, 0.15) is 0 Å². The van der Waals surface area contributed by atoms with E-state index in [1.54, 1.807) is 0 Å². The van der Waals surface area contributed by atoms with Crippen LogP contribution in [0.5, 0.6) is 0 Å². The third-order valence-corrected chi connectivity index (χ3v) is 4.37. The summed E-state index contributed by atoms with van der Waals surface area (Å²) >= 11 is 0. The molecule has 3 aromatic carbocycles. The second-order valence-electron chi connectivity index (χ2n) is 6.44. The highest BCUT2D eigenvalue weighted by molar-refractivity contribution is 5.89. The summed E-state index contributed by atoms with van der Waals surface area (Å²) in [5.74, 6) is 6.69. The Labute approximate surface area is 145 Å². The first-order chi connectivity index (χ1) is 11.8. The summed E-state index contributed by atoms with van der Waals surface area (Å²) in [5, 5.41) is 2.49. The lowest BCUT2D eigenvalue weighted by Crippen LogP contribution is -1.86. The number of aryl methyl sites for hydroxylation is 2. The Morgan fingerprint density at radius 3 is 2.42 bits per heavy atom. The molecule has 0 nitrogen and oxygen atoms in total. The monoisotopic (exact) mass is 312 g/mol. The first kappa shape index (κ1) is 16.3. The molecule has 0 amide bonds. The van der Waals surface area contributed by atoms with Crippen molar-refractivity contribution in [3.05, 3.63) is 82.9 Å². The fourth-order valence-corrected chi connectivity index (χ4v) is 3.04. The van der Waals surface area contributed by atoms with Crippen LogP contribution in [0.1, 0.15) is 48.4 Å². The summed E-state index contributed by atoms with van der Waals surface area (Å²) in [5.41, 5.74) is 4.86. The van der Waals surface area contributed by atoms with Crippen molar-refractivity contribution in [2.75, 3.05) is 0 Å². The summed E-state index contributed by atoms with van der Waals surface area (Å²) in [7, 11) is 0. The molecule has 0 saturated carbocycles. The fourth-order valence-electron chi connectivity index (χ4n) is 3.04. The zero-order chi connectivity index (χ0) is 16.8. The van der Waals surface area contributed by atoms with E-state index in [9.17, 15) is 0 Å². The van der Waals surface area contributed by atoms with Gasteiger partial charge in [0.2, 0.25) is 0 Å². The van der Waals surface area contributed by atoms with Gasteiger partial charge in [-0.1, -0.05) is 74.1 Å². The van der Waals surface area contributed by atoms with E-state index in [1.807, 2.05) is 0 Å². The highest BCUT2D eigenvalue weighted by Crippen LogP contribution is 2.20. The summed E-state index contributed by atoms with van der Waals surface area (Å²) < 4.78 is 0. The lowest BCUT2D eigenvalue weighted by molar-refractivity contribution is 0.717. The minimum atomic E-state index is 1.08. The average Bonchev–Trinajstić information content (AvgIpc) is 2.61. The van der Waals surface area contributed by atoms with Crippen LogP contribution >= 0.6 is 0 Å². The molecule has 0 aliphatic carbocycles. The van der Waals surface area contributed by atoms with Crippen molar-refractivity contribution < 1.29 is 0 Å². The Hall–Kier alpha value is -2.52. The standard InChI is InChI=1S/C24H24/c1-3-4-5-8-20-11-13-21(14-12-20)15-16-23-18-19(2)17-22-9-6-7-10-24(22)23/h6-7,9-14,17-18H,3-5,8H2,1-2H3. The first-order valence-corrected chi connectivity index (χ1v) is 8.86. The Balaban J connectivity index is 1.82. The number of unbranched alkanes of at least 4 members (excludes halogenated alkanes) is 2. The molecule has 0 unspecified atom stereocenters. The van der Waals surface area contributed by atoms with Gasteiger partial charge < -0.3 is 0 Å². The third kappa shape index (κ3) is 4.06. The smallest absolute Gasteiger partial charge is 0.0330 e. The topological polar surface area (TPSA) is 0 Å². The quantitative estimate of drug-likeness (QED) is 0.393. The van der Waals surface area contributed by atoms with Crippen LogP contribution in [0.25, 0.3) is 10.8 Å². The maximum absolute atomic E-state index is 3.37. The SMILES string of the molecule is CCCCCc1ccc(C#Cc2cc(C)cc3ccccc23)cc1. The summed E-state index contributed by atoms with van der Waals surface area (Å²) in [6.07, 6.45) is 5.02. The minimum Gasteiger partial charge on any atom is -0.0654 e. The molecular formula is C24H24. The van der Waals surface area contributed by atoms with E-state index in [0.29, 0.717) is 0 Å². The molecule has 0 heteroatoms. The second kappa shape index (κ2) is 7.84. The summed E-state index contributed by atoms with van der Waals surface area (Å²) in [6, 6.07) is 21.6. The number of benzene rings is 3. The average molecular weight is 312 g/mol. The van der Waals surface area contributed by atoms with Crippen molar-refractivity contribution in [1.82, 2.24) is 0 Å². The summed E-state index contributed by atoms with van der Waals surface area (Å²) in [6.45, 7) is 4.37. The van der Waals surface area contributed by atoms with E-state index >= 15 is 0 Å². The van der Waals surface area contributed by atoms with Crippen molar-refractivity contribution in [3.63, 3.8) is 0 Å². The van der Waals surface area contributed by atoms with Crippen molar-refractivity contribution in [2.45, 2.75) is 39.5 Å². The Kier molecular flexibility index (Phi) is 5.34. The van der Waals surface area contributed by atoms with Gasteiger partial charge in [-0.05, 0) is 59.9 Å². The van der Waals surface area contributed by atoms with E-state index in [0.717, 1.165) is 11.1 Å². The molecule has 0 aromatic heterocycles. The van der Waals surface area contributed by atoms with Crippen LogP contribution < -0.4 is 0 Å². The molecule has 3 rings (SSSR count). The zero-order valence-corrected chi connectivity index (χ0v) is 14.6. The predicted octanol–water partition coefficient (Wildman–Crippen LogP) is 6.28. The van der Waals surface area contributed by atoms with Crippen molar-refractivity contribution in [1.29, 1.82) is 0 Å². The number of fused-ring (bicyclic) bond motifs is 1. The van der Waals surface area contributed by atoms with Crippen LogP contribution in [-0.4, -0.2) is 0 Å². The molecule has 0 N–H and O–H groups in total. The molecule has 0 heterocycles. The molecular weight excluding hydrogens is 288 g/mol. The van der Waals surface area contributed by atoms with Gasteiger partial charge >= 0.3 is 0 Å². The molecule has 0 aliphatic rings. The molecule has 0 saturated heterocycles. The zero-order valence-electron chi connectivity index (χ0n) is 14.6. The largest absolute Gasteiger partial charge is 0.0654 e. The number of hydrogen-bond acceptors (Lipinski definition) is 0. The Morgan fingerprint density at radius 1 is 0.833 bits per heavy atom. The molecule has 24 heavy (non-hydrogen) atoms. The number of hydrogen-bond donors (Lipinski definition) is 0. The molecule has 0 bridgehead atoms. The highest BCUT2D eigenvalue weighted by atomic mass is 14.0. The molecule has 0 spiro atoms. The van der Waals surface area contributed by atoms with Crippen molar-refractivity contribution in [3.8, 4) is 11.8 Å². The molecule has 120 valence electrons. The minimum absolute atomic E-state index is 1.08. The van der Waals surface area contributed by atoms with Gasteiger partial charge in [0.05, 0.1) is 0 Å². The van der Waals surface area contributed by atoms with Crippen LogP contribution in [0.15, 0.2) is 60.7 Å². The van der Waals surface area contributed by atoms with Gasteiger partial charge in [-0.15, -0.1) is 0 Å². The van der Waals surface area contributed by atoms with Crippen LogP contribution in [-0.2, 0) is 6.42 Å². The Morgan fingerprint density at radius 2 is 1.62 bits per heavy atom. The van der Waals surface area contributed by atoms with E-state index in [4.69, 9.17) is 0 Å². The normalized spacial score (nSPS) is 10.4. The molecule has 0 radical (unpaired) electrons. The van der Waals surface area contributed by atoms with Crippen LogP contribution in [0.3, 0.4) is 0 Å². The lowest BCUT2D eigenvalue weighted by atomic mass is 10.0. The van der Waals surface area contributed by atoms with E-state index in [1.165, 1.54) is 47.6 Å². The van der Waals surface area contributed by atoms with Gasteiger partial charge in [-0.2, -0.15) is 0 Å².